The summed E-state index contributed by atoms with van der Waals surface area (Å²) in [7, 11) is -3.60. The average molecular weight is 318 g/mol. The number of rotatable bonds is 7. The Bertz CT molecular complexity index is 529. The van der Waals surface area contributed by atoms with Crippen LogP contribution in [0.3, 0.4) is 0 Å². The van der Waals surface area contributed by atoms with Gasteiger partial charge in [-0.05, 0) is 18.4 Å². The van der Waals surface area contributed by atoms with E-state index in [2.05, 4.69) is 16.6 Å². The molecular formula is C11H18N4O5S. The Kier molecular flexibility index (Phi) is 6.47. The van der Waals surface area contributed by atoms with Crippen LogP contribution in [0.5, 0.6) is 0 Å². The first-order chi connectivity index (χ1) is 9.87. The number of carbonyl (C=O) groups is 1. The zero-order valence-electron chi connectivity index (χ0n) is 11.7. The van der Waals surface area contributed by atoms with Gasteiger partial charge in [-0.15, -0.1) is 0 Å². The van der Waals surface area contributed by atoms with E-state index >= 15 is 0 Å². The molecule has 1 aliphatic rings. The van der Waals surface area contributed by atoms with Gasteiger partial charge >= 0.3 is 6.09 Å². The molecule has 0 unspecified atom stereocenters. The van der Waals surface area contributed by atoms with Crippen molar-refractivity contribution >= 4 is 16.2 Å². The van der Waals surface area contributed by atoms with Gasteiger partial charge in [0, 0.05) is 17.5 Å². The fourth-order valence-corrected chi connectivity index (χ4v) is 2.79. The lowest BCUT2D eigenvalue weighted by atomic mass is 10.1. The van der Waals surface area contributed by atoms with Gasteiger partial charge in [0.05, 0.1) is 18.9 Å². The Labute approximate surface area is 123 Å². The van der Waals surface area contributed by atoms with E-state index in [-0.39, 0.29) is 25.7 Å². The highest BCUT2D eigenvalue weighted by atomic mass is 32.2. The molecule has 1 saturated heterocycles. The highest BCUT2D eigenvalue weighted by Gasteiger charge is 2.37. The molecule has 0 aromatic heterocycles. The van der Waals surface area contributed by atoms with E-state index in [1.165, 1.54) is 11.0 Å². The van der Waals surface area contributed by atoms with Gasteiger partial charge in [0.15, 0.2) is 0 Å². The Morgan fingerprint density at radius 2 is 2.33 bits per heavy atom. The van der Waals surface area contributed by atoms with E-state index in [4.69, 9.17) is 14.5 Å². The molecule has 10 heteroatoms. The van der Waals surface area contributed by atoms with Gasteiger partial charge in [-0.2, -0.15) is 8.42 Å². The summed E-state index contributed by atoms with van der Waals surface area (Å²) in [5, 5.41) is 3.42. The third-order valence-corrected chi connectivity index (χ3v) is 3.49. The molecule has 0 radical (unpaired) electrons. The first-order valence-corrected chi connectivity index (χ1v) is 8.12. The molecule has 1 heterocycles. The summed E-state index contributed by atoms with van der Waals surface area (Å²) in [5.74, 6) is 0. The van der Waals surface area contributed by atoms with Crippen molar-refractivity contribution in [1.29, 1.82) is 0 Å². The average Bonchev–Trinajstić information content (AvgIpc) is 2.77. The Hall–Kier alpha value is -1.77. The van der Waals surface area contributed by atoms with Crippen molar-refractivity contribution in [3.63, 3.8) is 0 Å². The molecule has 1 aliphatic heterocycles. The van der Waals surface area contributed by atoms with Gasteiger partial charge < -0.3 is 9.64 Å². The van der Waals surface area contributed by atoms with Gasteiger partial charge in [0.25, 0.3) is 10.1 Å². The first-order valence-electron chi connectivity index (χ1n) is 6.30. The van der Waals surface area contributed by atoms with Crippen LogP contribution in [-0.2, 0) is 19.0 Å². The van der Waals surface area contributed by atoms with Gasteiger partial charge in [0.2, 0.25) is 0 Å². The third-order valence-electron chi connectivity index (χ3n) is 2.87. The zero-order valence-corrected chi connectivity index (χ0v) is 12.5. The maximum absolute atomic E-state index is 11.9. The van der Waals surface area contributed by atoms with Crippen LogP contribution in [0.25, 0.3) is 10.4 Å². The van der Waals surface area contributed by atoms with E-state index < -0.39 is 22.3 Å². The molecule has 1 rings (SSSR count). The molecule has 0 aromatic rings. The zero-order chi connectivity index (χ0) is 15.9. The van der Waals surface area contributed by atoms with Crippen molar-refractivity contribution in [2.45, 2.75) is 25.0 Å². The molecule has 0 aromatic carbocycles. The largest absolute Gasteiger partial charge is 0.445 e. The molecule has 0 aliphatic carbocycles. The monoisotopic (exact) mass is 318 g/mol. The van der Waals surface area contributed by atoms with Crippen LogP contribution in [0.2, 0.25) is 0 Å². The minimum absolute atomic E-state index is 0.0655. The van der Waals surface area contributed by atoms with Crippen LogP contribution in [0.4, 0.5) is 4.79 Å². The number of carbonyl (C=O) groups excluding carboxylic acids is 1. The predicted octanol–water partition coefficient (Wildman–Crippen LogP) is 1.43. The SMILES string of the molecule is C=CCOC(=O)N1C[C@H](OS(C)(=O)=O)C[C@H]1CCN=[N+]=[N-]. The van der Waals surface area contributed by atoms with Crippen molar-refractivity contribution in [3.8, 4) is 0 Å². The van der Waals surface area contributed by atoms with Crippen molar-refractivity contribution in [2.75, 3.05) is 26.0 Å². The predicted molar refractivity (Wildman–Crippen MR) is 75.0 cm³/mol. The molecule has 0 N–H and O–H groups in total. The standard InChI is InChI=1S/C11H18N4O5S/c1-3-6-19-11(16)15-8-10(20-21(2,17)18)7-9(15)4-5-13-14-12/h3,9-10H,1,4-8H2,2H3/t9-,10-/m1/s1. The van der Waals surface area contributed by atoms with Crippen LogP contribution < -0.4 is 0 Å². The molecule has 1 fully saturated rings. The molecule has 9 nitrogen and oxygen atoms in total. The molecule has 118 valence electrons. The number of nitrogens with zero attached hydrogens (tertiary/aromatic N) is 4. The molecule has 0 saturated carbocycles. The number of hydrogen-bond donors (Lipinski definition) is 0. The quantitative estimate of drug-likeness (QED) is 0.231. The van der Waals surface area contributed by atoms with Gasteiger partial charge in [0.1, 0.15) is 6.61 Å². The van der Waals surface area contributed by atoms with Crippen LogP contribution in [0, 0.1) is 0 Å². The van der Waals surface area contributed by atoms with E-state index in [0.717, 1.165) is 6.26 Å². The molecule has 2 atom stereocenters. The fraction of sp³-hybridized carbons (Fsp3) is 0.727. The summed E-state index contributed by atoms with van der Waals surface area (Å²) in [5.41, 5.74) is 8.27. The fourth-order valence-electron chi connectivity index (χ4n) is 2.15. The minimum atomic E-state index is -3.60. The number of ether oxygens (including phenoxy) is 1. The maximum atomic E-state index is 11.9. The van der Waals surface area contributed by atoms with Gasteiger partial charge in [-0.25, -0.2) is 4.79 Å². The molecule has 1 amide bonds. The number of amides is 1. The Balaban J connectivity index is 2.71. The van der Waals surface area contributed by atoms with E-state index in [1.807, 2.05) is 0 Å². The smallest absolute Gasteiger partial charge is 0.410 e. The normalized spacial score (nSPS) is 21.7. The van der Waals surface area contributed by atoms with E-state index in [0.29, 0.717) is 12.8 Å². The lowest BCUT2D eigenvalue weighted by Crippen LogP contribution is -2.37. The second kappa shape index (κ2) is 7.87. The van der Waals surface area contributed by atoms with Crippen LogP contribution in [-0.4, -0.2) is 57.5 Å². The summed E-state index contributed by atoms with van der Waals surface area (Å²) in [4.78, 5) is 15.9. The maximum Gasteiger partial charge on any atom is 0.410 e. The second-order valence-electron chi connectivity index (χ2n) is 4.57. The third kappa shape index (κ3) is 6.03. The number of likely N-dealkylation sites (tertiary alicyclic amines) is 1. The lowest BCUT2D eigenvalue weighted by molar-refractivity contribution is 0.103. The summed E-state index contributed by atoms with van der Waals surface area (Å²) in [6.45, 7) is 3.83. The summed E-state index contributed by atoms with van der Waals surface area (Å²) in [6.07, 6.45) is 1.97. The van der Waals surface area contributed by atoms with Crippen LogP contribution in [0.1, 0.15) is 12.8 Å². The topological polar surface area (TPSA) is 122 Å². The summed E-state index contributed by atoms with van der Waals surface area (Å²) >= 11 is 0. The Morgan fingerprint density at radius 3 is 2.90 bits per heavy atom. The second-order valence-corrected chi connectivity index (χ2v) is 6.17. The summed E-state index contributed by atoms with van der Waals surface area (Å²) in [6, 6.07) is -0.292. The van der Waals surface area contributed by atoms with Crippen LogP contribution in [0.15, 0.2) is 17.8 Å². The molecule has 21 heavy (non-hydrogen) atoms. The summed E-state index contributed by atoms with van der Waals surface area (Å²) < 4.78 is 32.2. The molecule has 0 bridgehead atoms. The van der Waals surface area contributed by atoms with Crippen LogP contribution >= 0.6 is 0 Å². The minimum Gasteiger partial charge on any atom is -0.445 e. The number of azide groups is 1. The highest BCUT2D eigenvalue weighted by Crippen LogP contribution is 2.25. The van der Waals surface area contributed by atoms with Crippen molar-refractivity contribution in [2.24, 2.45) is 5.11 Å². The first kappa shape index (κ1) is 17.3. The van der Waals surface area contributed by atoms with Crippen molar-refractivity contribution in [3.05, 3.63) is 23.1 Å². The lowest BCUT2D eigenvalue weighted by Gasteiger charge is -2.22. The van der Waals surface area contributed by atoms with Crippen molar-refractivity contribution < 1.29 is 22.1 Å². The van der Waals surface area contributed by atoms with E-state index in [1.54, 1.807) is 0 Å². The molecule has 0 spiro atoms. The van der Waals surface area contributed by atoms with Gasteiger partial charge in [-0.1, -0.05) is 17.8 Å². The van der Waals surface area contributed by atoms with E-state index in [9.17, 15) is 13.2 Å². The molecular weight excluding hydrogens is 300 g/mol. The highest BCUT2D eigenvalue weighted by molar-refractivity contribution is 7.86. The van der Waals surface area contributed by atoms with Crippen molar-refractivity contribution in [1.82, 2.24) is 4.90 Å². The number of hydrogen-bond acceptors (Lipinski definition) is 6. The Morgan fingerprint density at radius 1 is 1.62 bits per heavy atom. The van der Waals surface area contributed by atoms with Gasteiger partial charge in [-0.3, -0.25) is 4.18 Å².